The minimum Gasteiger partial charge on any atom is -0.379 e. The van der Waals surface area contributed by atoms with E-state index in [0.29, 0.717) is 0 Å². The van der Waals surface area contributed by atoms with E-state index in [-0.39, 0.29) is 17.6 Å². The summed E-state index contributed by atoms with van der Waals surface area (Å²) in [6.07, 6.45) is 4.50. The second-order valence-corrected chi connectivity index (χ2v) is 9.17. The third-order valence-corrected chi connectivity index (χ3v) is 6.70. The third-order valence-electron chi connectivity index (χ3n) is 5.80. The van der Waals surface area contributed by atoms with Gasteiger partial charge in [-0.25, -0.2) is 9.78 Å². The molecule has 26 heavy (non-hydrogen) atoms. The van der Waals surface area contributed by atoms with E-state index in [1.165, 1.54) is 17.7 Å². The van der Waals surface area contributed by atoms with Crippen molar-refractivity contribution >= 4 is 17.4 Å². The Balaban J connectivity index is 1.66. The SMILES string of the molecule is Cc1nc([C@H](C)N(C)C(=O)NC2(CN3CCOCC3)CCCC2)c(C)s1. The Morgan fingerprint density at radius 2 is 2.00 bits per heavy atom. The van der Waals surface area contributed by atoms with Gasteiger partial charge in [0, 0.05) is 31.6 Å². The van der Waals surface area contributed by atoms with Crippen molar-refractivity contribution in [3.8, 4) is 0 Å². The fourth-order valence-electron chi connectivity index (χ4n) is 4.17. The summed E-state index contributed by atoms with van der Waals surface area (Å²) in [6.45, 7) is 10.6. The lowest BCUT2D eigenvalue weighted by atomic mass is 9.96. The van der Waals surface area contributed by atoms with Gasteiger partial charge in [0.05, 0.1) is 35.5 Å². The summed E-state index contributed by atoms with van der Waals surface area (Å²) in [7, 11) is 1.88. The molecule has 1 aliphatic carbocycles. The van der Waals surface area contributed by atoms with E-state index in [1.807, 2.05) is 14.0 Å². The summed E-state index contributed by atoms with van der Waals surface area (Å²) in [5.41, 5.74) is 0.911. The Bertz CT molecular complexity index is 621. The smallest absolute Gasteiger partial charge is 0.318 e. The third kappa shape index (κ3) is 4.38. The first-order valence-corrected chi connectivity index (χ1v) is 10.5. The molecule has 1 aromatic rings. The van der Waals surface area contributed by atoms with Crippen molar-refractivity contribution in [1.29, 1.82) is 0 Å². The zero-order chi connectivity index (χ0) is 18.7. The van der Waals surface area contributed by atoms with Crippen molar-refractivity contribution in [2.75, 3.05) is 39.9 Å². The molecule has 1 aliphatic heterocycles. The van der Waals surface area contributed by atoms with Gasteiger partial charge in [0.1, 0.15) is 0 Å². The number of nitrogens with one attached hydrogen (secondary N) is 1. The molecule has 1 saturated heterocycles. The average molecular weight is 381 g/mol. The Morgan fingerprint density at radius 3 is 2.58 bits per heavy atom. The van der Waals surface area contributed by atoms with Gasteiger partial charge in [-0.3, -0.25) is 4.90 Å². The van der Waals surface area contributed by atoms with Crippen LogP contribution >= 0.6 is 11.3 Å². The van der Waals surface area contributed by atoms with E-state index >= 15 is 0 Å². The first-order chi connectivity index (χ1) is 12.4. The second-order valence-electron chi connectivity index (χ2n) is 7.77. The molecule has 1 atom stereocenters. The van der Waals surface area contributed by atoms with E-state index in [1.54, 1.807) is 16.2 Å². The van der Waals surface area contributed by atoms with Gasteiger partial charge in [-0.2, -0.15) is 0 Å². The summed E-state index contributed by atoms with van der Waals surface area (Å²) < 4.78 is 5.47. The molecule has 2 heterocycles. The summed E-state index contributed by atoms with van der Waals surface area (Å²) in [5, 5.41) is 4.45. The zero-order valence-electron chi connectivity index (χ0n) is 16.5. The Labute approximate surface area is 160 Å². The highest BCUT2D eigenvalue weighted by Gasteiger charge is 2.38. The molecule has 0 bridgehead atoms. The summed E-state index contributed by atoms with van der Waals surface area (Å²) >= 11 is 1.69. The van der Waals surface area contributed by atoms with Crippen LogP contribution in [0.1, 0.15) is 54.2 Å². The molecular formula is C19H32N4O2S. The molecule has 2 fully saturated rings. The molecule has 1 saturated carbocycles. The highest BCUT2D eigenvalue weighted by molar-refractivity contribution is 7.11. The number of aromatic nitrogens is 1. The maximum absolute atomic E-state index is 13.0. The van der Waals surface area contributed by atoms with Crippen LogP contribution in [-0.2, 0) is 4.74 Å². The summed E-state index contributed by atoms with van der Waals surface area (Å²) in [5.74, 6) is 0. The maximum atomic E-state index is 13.0. The molecule has 2 amide bonds. The number of nitrogens with zero attached hydrogens (tertiary/aromatic N) is 3. The Kier molecular flexibility index (Phi) is 6.20. The molecule has 1 aromatic heterocycles. The van der Waals surface area contributed by atoms with E-state index in [4.69, 9.17) is 4.74 Å². The van der Waals surface area contributed by atoms with Gasteiger partial charge in [-0.05, 0) is 33.6 Å². The van der Waals surface area contributed by atoms with Crippen molar-refractivity contribution in [3.63, 3.8) is 0 Å². The van der Waals surface area contributed by atoms with Crippen LogP contribution < -0.4 is 5.32 Å². The standard InChI is InChI=1S/C19H32N4O2S/c1-14(17-15(2)26-16(3)20-17)22(4)18(24)21-19(7-5-6-8-19)13-23-9-11-25-12-10-23/h14H,5-13H2,1-4H3,(H,21,24)/t14-/m0/s1. The normalized spacial score (nSPS) is 21.5. The largest absolute Gasteiger partial charge is 0.379 e. The first-order valence-electron chi connectivity index (χ1n) is 9.69. The van der Waals surface area contributed by atoms with E-state index in [9.17, 15) is 4.79 Å². The predicted octanol–water partition coefficient (Wildman–Crippen LogP) is 3.11. The van der Waals surface area contributed by atoms with Gasteiger partial charge in [0.2, 0.25) is 0 Å². The molecule has 1 N–H and O–H groups in total. The fraction of sp³-hybridized carbons (Fsp3) is 0.789. The molecule has 3 rings (SSSR count). The fourth-order valence-corrected chi connectivity index (χ4v) is 5.08. The van der Waals surface area contributed by atoms with Crippen molar-refractivity contribution in [2.24, 2.45) is 0 Å². The molecular weight excluding hydrogens is 348 g/mol. The predicted molar refractivity (Wildman–Crippen MR) is 105 cm³/mol. The molecule has 7 heteroatoms. The number of aryl methyl sites for hydroxylation is 2. The van der Waals surface area contributed by atoms with Crippen LogP contribution in [0.3, 0.4) is 0 Å². The van der Waals surface area contributed by atoms with E-state index < -0.39 is 0 Å². The number of ether oxygens (including phenoxy) is 1. The van der Waals surface area contributed by atoms with Gasteiger partial charge in [-0.15, -0.1) is 11.3 Å². The second kappa shape index (κ2) is 8.23. The van der Waals surface area contributed by atoms with E-state index in [0.717, 1.165) is 56.4 Å². The molecule has 0 unspecified atom stereocenters. The number of rotatable bonds is 5. The van der Waals surface area contributed by atoms with Crippen LogP contribution in [0.15, 0.2) is 0 Å². The zero-order valence-corrected chi connectivity index (χ0v) is 17.3. The quantitative estimate of drug-likeness (QED) is 0.853. The van der Waals surface area contributed by atoms with Crippen LogP contribution in [0.25, 0.3) is 0 Å². The van der Waals surface area contributed by atoms with Crippen molar-refractivity contribution < 1.29 is 9.53 Å². The maximum Gasteiger partial charge on any atom is 0.318 e. The summed E-state index contributed by atoms with van der Waals surface area (Å²) in [6, 6.07) is -0.0143. The highest BCUT2D eigenvalue weighted by atomic mass is 32.1. The van der Waals surface area contributed by atoms with Crippen LogP contribution in [0.4, 0.5) is 4.79 Å². The highest BCUT2D eigenvalue weighted by Crippen LogP contribution is 2.32. The topological polar surface area (TPSA) is 57.7 Å². The number of morpholine rings is 1. The number of carbonyl (C=O) groups is 1. The Morgan fingerprint density at radius 1 is 1.35 bits per heavy atom. The van der Waals surface area contributed by atoms with Crippen molar-refractivity contribution in [2.45, 2.75) is 58.0 Å². The minimum absolute atomic E-state index is 0.0118. The molecule has 0 aromatic carbocycles. The number of thiazole rings is 1. The van der Waals surface area contributed by atoms with Crippen LogP contribution in [0, 0.1) is 13.8 Å². The molecule has 0 radical (unpaired) electrons. The van der Waals surface area contributed by atoms with Gasteiger partial charge >= 0.3 is 6.03 Å². The number of hydrogen-bond donors (Lipinski definition) is 1. The molecule has 0 spiro atoms. The lowest BCUT2D eigenvalue weighted by Gasteiger charge is -2.39. The van der Waals surface area contributed by atoms with Gasteiger partial charge in [-0.1, -0.05) is 12.8 Å². The van der Waals surface area contributed by atoms with Crippen LogP contribution in [0.2, 0.25) is 0 Å². The monoisotopic (exact) mass is 380 g/mol. The first kappa shape index (κ1) is 19.6. The van der Waals surface area contributed by atoms with Crippen molar-refractivity contribution in [3.05, 3.63) is 15.6 Å². The van der Waals surface area contributed by atoms with Crippen molar-refractivity contribution in [1.82, 2.24) is 20.1 Å². The van der Waals surface area contributed by atoms with Gasteiger partial charge < -0.3 is 15.0 Å². The number of amides is 2. The van der Waals surface area contributed by atoms with E-state index in [2.05, 4.69) is 29.0 Å². The van der Waals surface area contributed by atoms with Gasteiger partial charge in [0.25, 0.3) is 0 Å². The Hall–Kier alpha value is -1.18. The average Bonchev–Trinajstić information content (AvgIpc) is 3.20. The molecule has 146 valence electrons. The molecule has 2 aliphatic rings. The summed E-state index contributed by atoms with van der Waals surface area (Å²) in [4.78, 5) is 23.1. The lowest BCUT2D eigenvalue weighted by molar-refractivity contribution is 0.0245. The number of urea groups is 1. The number of hydrogen-bond acceptors (Lipinski definition) is 5. The lowest BCUT2D eigenvalue weighted by Crippen LogP contribution is -2.58. The number of carbonyl (C=O) groups excluding carboxylic acids is 1. The van der Waals surface area contributed by atoms with Gasteiger partial charge in [0.15, 0.2) is 0 Å². The minimum atomic E-state index is -0.102. The molecule has 6 nitrogen and oxygen atoms in total. The van der Waals surface area contributed by atoms with Crippen LogP contribution in [0.5, 0.6) is 0 Å². The van der Waals surface area contributed by atoms with Crippen LogP contribution in [-0.4, -0.2) is 66.2 Å².